The zero-order valence-corrected chi connectivity index (χ0v) is 19.9. The number of rotatable bonds is 6. The van der Waals surface area contributed by atoms with E-state index in [0.717, 1.165) is 12.2 Å². The first-order chi connectivity index (χ1) is 13.4. The molecule has 0 saturated carbocycles. The molecule has 7 nitrogen and oxygen atoms in total. The van der Waals surface area contributed by atoms with Crippen molar-refractivity contribution in [1.82, 2.24) is 14.9 Å². The number of halogens is 1. The zero-order valence-electron chi connectivity index (χ0n) is 16.8. The van der Waals surface area contributed by atoms with Gasteiger partial charge in [-0.1, -0.05) is 36.4 Å². The molecule has 2 aromatic rings. The van der Waals surface area contributed by atoms with Gasteiger partial charge < -0.3 is 15.4 Å². The molecule has 0 aliphatic carbocycles. The van der Waals surface area contributed by atoms with Gasteiger partial charge in [0.2, 0.25) is 10.0 Å². The lowest BCUT2D eigenvalue weighted by molar-refractivity contribution is 0.235. The van der Waals surface area contributed by atoms with Gasteiger partial charge in [0.15, 0.2) is 5.96 Å². The van der Waals surface area contributed by atoms with Crippen LogP contribution in [0.15, 0.2) is 58.4 Å². The summed E-state index contributed by atoms with van der Waals surface area (Å²) in [6, 6.07) is 15.0. The Hall–Kier alpha value is -1.85. The molecule has 0 radical (unpaired) electrons. The minimum Gasteiger partial charge on any atom is -0.488 e. The smallest absolute Gasteiger partial charge is 0.242 e. The Morgan fingerprint density at radius 1 is 1.14 bits per heavy atom. The summed E-state index contributed by atoms with van der Waals surface area (Å²) >= 11 is 0. The van der Waals surface area contributed by atoms with Crippen molar-refractivity contribution in [3.8, 4) is 5.75 Å². The zero-order chi connectivity index (χ0) is 20.1. The molecule has 2 aromatic carbocycles. The molecule has 0 spiro atoms. The van der Waals surface area contributed by atoms with Gasteiger partial charge in [-0.2, -0.15) is 0 Å². The van der Waals surface area contributed by atoms with Crippen molar-refractivity contribution in [2.75, 3.05) is 27.7 Å². The predicted octanol–water partition coefficient (Wildman–Crippen LogP) is 2.22. The van der Waals surface area contributed by atoms with Crippen LogP contribution in [0.4, 0.5) is 0 Å². The fourth-order valence-corrected chi connectivity index (χ4v) is 4.19. The van der Waals surface area contributed by atoms with Gasteiger partial charge in [-0.15, -0.1) is 24.0 Å². The Kier molecular flexibility index (Phi) is 8.29. The van der Waals surface area contributed by atoms with Crippen molar-refractivity contribution in [2.45, 2.75) is 24.0 Å². The highest BCUT2D eigenvalue weighted by atomic mass is 127. The van der Waals surface area contributed by atoms with Crippen LogP contribution in [0.5, 0.6) is 5.75 Å². The number of hydrogen-bond acceptors (Lipinski definition) is 4. The van der Waals surface area contributed by atoms with Gasteiger partial charge >= 0.3 is 0 Å². The monoisotopic (exact) mass is 530 g/mol. The van der Waals surface area contributed by atoms with Gasteiger partial charge in [-0.3, -0.25) is 4.99 Å². The number of fused-ring (bicyclic) bond motifs is 1. The normalized spacial score (nSPS) is 16.0. The Labute approximate surface area is 189 Å². The first kappa shape index (κ1) is 23.4. The summed E-state index contributed by atoms with van der Waals surface area (Å²) in [6.07, 6.45) is 0.890. The van der Waals surface area contributed by atoms with E-state index in [4.69, 9.17) is 4.74 Å². The van der Waals surface area contributed by atoms with Crippen molar-refractivity contribution < 1.29 is 13.2 Å². The van der Waals surface area contributed by atoms with Crippen LogP contribution in [-0.4, -0.2) is 52.5 Å². The summed E-state index contributed by atoms with van der Waals surface area (Å²) < 4.78 is 32.2. The van der Waals surface area contributed by atoms with Gasteiger partial charge in [0, 0.05) is 34.1 Å². The molecule has 158 valence electrons. The summed E-state index contributed by atoms with van der Waals surface area (Å²) in [7, 11) is 1.23. The molecule has 0 amide bonds. The van der Waals surface area contributed by atoms with Crippen molar-refractivity contribution in [1.29, 1.82) is 0 Å². The van der Waals surface area contributed by atoms with Crippen LogP contribution in [0.1, 0.15) is 11.1 Å². The largest absolute Gasteiger partial charge is 0.488 e. The summed E-state index contributed by atoms with van der Waals surface area (Å²) in [5, 5.41) is 6.43. The SMILES string of the molecule is CN=C(NCc1ccccc1S(=O)(=O)N(C)C)NCC1Cc2ccccc2O1.I. The van der Waals surface area contributed by atoms with E-state index >= 15 is 0 Å². The lowest BCUT2D eigenvalue weighted by Crippen LogP contribution is -2.42. The van der Waals surface area contributed by atoms with Gasteiger partial charge in [0.1, 0.15) is 11.9 Å². The van der Waals surface area contributed by atoms with E-state index in [1.807, 2.05) is 24.3 Å². The molecule has 2 N–H and O–H groups in total. The number of aliphatic imine (C=N–C) groups is 1. The highest BCUT2D eigenvalue weighted by Gasteiger charge is 2.23. The fraction of sp³-hybridized carbons (Fsp3) is 0.350. The number of nitrogens with one attached hydrogen (secondary N) is 2. The molecule has 0 saturated heterocycles. The molecule has 0 aromatic heterocycles. The molecule has 1 atom stereocenters. The van der Waals surface area contributed by atoms with Crippen LogP contribution in [0.25, 0.3) is 0 Å². The standard InChI is InChI=1S/C20H26N4O3S.HI/c1-21-20(23-14-17-12-15-8-4-6-10-18(15)27-17)22-13-16-9-5-7-11-19(16)28(25,26)24(2)3;/h4-11,17H,12-14H2,1-3H3,(H2,21,22,23);1H. The lowest BCUT2D eigenvalue weighted by Gasteiger charge is -2.18. The minimum absolute atomic E-state index is 0. The Morgan fingerprint density at radius 2 is 1.83 bits per heavy atom. The molecular weight excluding hydrogens is 503 g/mol. The third-order valence-electron chi connectivity index (χ3n) is 4.61. The summed E-state index contributed by atoms with van der Waals surface area (Å²) in [5.41, 5.74) is 1.89. The van der Waals surface area contributed by atoms with Gasteiger partial charge in [0.05, 0.1) is 11.4 Å². The van der Waals surface area contributed by atoms with Crippen molar-refractivity contribution in [3.05, 3.63) is 59.7 Å². The van der Waals surface area contributed by atoms with Crippen LogP contribution < -0.4 is 15.4 Å². The molecule has 3 rings (SSSR count). The van der Waals surface area contributed by atoms with Crippen LogP contribution in [0.3, 0.4) is 0 Å². The molecule has 1 aliphatic rings. The van der Waals surface area contributed by atoms with Crippen LogP contribution >= 0.6 is 24.0 Å². The average Bonchev–Trinajstić information content (AvgIpc) is 3.11. The number of nitrogens with zero attached hydrogens (tertiary/aromatic N) is 2. The molecule has 9 heteroatoms. The third-order valence-corrected chi connectivity index (χ3v) is 6.53. The number of hydrogen-bond donors (Lipinski definition) is 2. The molecule has 29 heavy (non-hydrogen) atoms. The number of benzene rings is 2. The maximum absolute atomic E-state index is 12.5. The molecule has 1 unspecified atom stereocenters. The molecule has 0 fully saturated rings. The van der Waals surface area contributed by atoms with Crippen molar-refractivity contribution in [2.24, 2.45) is 4.99 Å². The molecular formula is C20H27IN4O3S. The van der Waals surface area contributed by atoms with E-state index in [9.17, 15) is 8.42 Å². The van der Waals surface area contributed by atoms with E-state index in [1.165, 1.54) is 24.0 Å². The predicted molar refractivity (Wildman–Crippen MR) is 125 cm³/mol. The summed E-state index contributed by atoms with van der Waals surface area (Å²) in [4.78, 5) is 4.51. The summed E-state index contributed by atoms with van der Waals surface area (Å²) in [5.74, 6) is 1.52. The number of guanidine groups is 1. The quantitative estimate of drug-likeness (QED) is 0.340. The number of para-hydroxylation sites is 1. The Balaban J connectivity index is 0.00000300. The minimum atomic E-state index is -3.51. The fourth-order valence-electron chi connectivity index (χ4n) is 3.08. The first-order valence-electron chi connectivity index (χ1n) is 9.11. The van der Waals surface area contributed by atoms with Gasteiger partial charge in [0.25, 0.3) is 0 Å². The van der Waals surface area contributed by atoms with Crippen molar-refractivity contribution in [3.63, 3.8) is 0 Å². The van der Waals surface area contributed by atoms with E-state index in [2.05, 4.69) is 21.7 Å². The maximum Gasteiger partial charge on any atom is 0.242 e. The molecule has 1 heterocycles. The van der Waals surface area contributed by atoms with E-state index < -0.39 is 10.0 Å². The first-order valence-corrected chi connectivity index (χ1v) is 10.6. The lowest BCUT2D eigenvalue weighted by atomic mass is 10.1. The van der Waals surface area contributed by atoms with Crippen LogP contribution in [0.2, 0.25) is 0 Å². The summed E-state index contributed by atoms with van der Waals surface area (Å²) in [6.45, 7) is 0.945. The van der Waals surface area contributed by atoms with Gasteiger partial charge in [-0.25, -0.2) is 12.7 Å². The van der Waals surface area contributed by atoms with E-state index in [1.54, 1.807) is 25.2 Å². The molecule has 1 aliphatic heterocycles. The van der Waals surface area contributed by atoms with Crippen LogP contribution in [0, 0.1) is 0 Å². The van der Waals surface area contributed by atoms with Crippen LogP contribution in [-0.2, 0) is 23.0 Å². The van der Waals surface area contributed by atoms with Gasteiger partial charge in [-0.05, 0) is 23.3 Å². The second-order valence-electron chi connectivity index (χ2n) is 6.75. The highest BCUT2D eigenvalue weighted by Crippen LogP contribution is 2.27. The van der Waals surface area contributed by atoms with E-state index in [-0.39, 0.29) is 35.0 Å². The highest BCUT2D eigenvalue weighted by molar-refractivity contribution is 14.0. The van der Waals surface area contributed by atoms with Crippen molar-refractivity contribution >= 4 is 40.0 Å². The Bertz CT molecular complexity index is 939. The number of sulfonamides is 1. The second-order valence-corrected chi connectivity index (χ2v) is 8.87. The van der Waals surface area contributed by atoms with E-state index in [0.29, 0.717) is 24.6 Å². The second kappa shape index (κ2) is 10.3. The average molecular weight is 530 g/mol. The molecule has 0 bridgehead atoms. The number of ether oxygens (including phenoxy) is 1. The Morgan fingerprint density at radius 3 is 2.52 bits per heavy atom. The maximum atomic E-state index is 12.5. The topological polar surface area (TPSA) is 83.0 Å². The third kappa shape index (κ3) is 5.61.